The highest BCUT2D eigenvalue weighted by Gasteiger charge is 2.36. The summed E-state index contributed by atoms with van der Waals surface area (Å²) in [6.45, 7) is 2.01. The molecule has 0 bridgehead atoms. The number of para-hydroxylation sites is 1. The molecule has 20 heavy (non-hydrogen) atoms. The number of fused-ring (bicyclic) bond motifs is 1. The van der Waals surface area contributed by atoms with Gasteiger partial charge in [0.05, 0.1) is 17.8 Å². The molecular weight excluding hydrogens is 258 g/mol. The summed E-state index contributed by atoms with van der Waals surface area (Å²) in [4.78, 5) is 25.2. The number of carbonyl (C=O) groups is 2. The first-order valence-corrected chi connectivity index (χ1v) is 6.34. The Morgan fingerprint density at radius 3 is 2.60 bits per heavy atom. The summed E-state index contributed by atoms with van der Waals surface area (Å²) in [5.41, 5.74) is 1.09. The van der Waals surface area contributed by atoms with E-state index in [1.54, 1.807) is 31.2 Å². The van der Waals surface area contributed by atoms with Crippen molar-refractivity contribution in [3.63, 3.8) is 0 Å². The Kier molecular flexibility index (Phi) is 2.78. The molecule has 1 aromatic heterocycles. The van der Waals surface area contributed by atoms with Gasteiger partial charge in [0.25, 0.3) is 5.91 Å². The standard InChI is InChI=1S/C14H13N3O3/c1-2-16-11(18)8-10-12(13(16)19)14(20)17(15-10)9-6-4-3-5-7-9/h3-7,20H,2,8H2,1H3. The molecule has 1 aromatic carbocycles. The Bertz CT molecular complexity index is 691. The van der Waals surface area contributed by atoms with Crippen molar-refractivity contribution in [2.24, 2.45) is 0 Å². The maximum Gasteiger partial charge on any atom is 0.267 e. The molecule has 6 heteroatoms. The van der Waals surface area contributed by atoms with Gasteiger partial charge in [0, 0.05) is 6.54 Å². The van der Waals surface area contributed by atoms with Crippen molar-refractivity contribution in [2.45, 2.75) is 13.3 Å². The molecule has 6 nitrogen and oxygen atoms in total. The third kappa shape index (κ3) is 1.69. The van der Waals surface area contributed by atoms with E-state index in [0.29, 0.717) is 11.4 Å². The van der Waals surface area contributed by atoms with Gasteiger partial charge >= 0.3 is 0 Å². The molecule has 0 atom stereocenters. The first-order chi connectivity index (χ1) is 9.63. The molecule has 0 radical (unpaired) electrons. The summed E-state index contributed by atoms with van der Waals surface area (Å²) in [7, 11) is 0. The highest BCUT2D eigenvalue weighted by molar-refractivity contribution is 6.10. The highest BCUT2D eigenvalue weighted by Crippen LogP contribution is 2.29. The molecule has 0 fully saturated rings. The van der Waals surface area contributed by atoms with Crippen LogP contribution in [0, 0.1) is 0 Å². The van der Waals surface area contributed by atoms with Crippen molar-refractivity contribution < 1.29 is 14.7 Å². The van der Waals surface area contributed by atoms with E-state index in [4.69, 9.17) is 0 Å². The van der Waals surface area contributed by atoms with Crippen LogP contribution in [0.3, 0.4) is 0 Å². The Labute approximate surface area is 115 Å². The lowest BCUT2D eigenvalue weighted by Crippen LogP contribution is -2.41. The van der Waals surface area contributed by atoms with E-state index >= 15 is 0 Å². The number of hydrogen-bond acceptors (Lipinski definition) is 4. The van der Waals surface area contributed by atoms with E-state index in [1.807, 2.05) is 6.07 Å². The predicted octanol–water partition coefficient (Wildman–Crippen LogP) is 1.12. The fraction of sp³-hybridized carbons (Fsp3) is 0.214. The van der Waals surface area contributed by atoms with E-state index < -0.39 is 5.91 Å². The number of aromatic nitrogens is 2. The molecule has 0 spiro atoms. The zero-order valence-corrected chi connectivity index (χ0v) is 10.9. The number of rotatable bonds is 2. The molecule has 1 aliphatic heterocycles. The summed E-state index contributed by atoms with van der Waals surface area (Å²) in [6.07, 6.45) is 0.0301. The van der Waals surface area contributed by atoms with Gasteiger partial charge in [-0.2, -0.15) is 5.10 Å². The van der Waals surface area contributed by atoms with Gasteiger partial charge in [-0.25, -0.2) is 4.68 Å². The third-order valence-corrected chi connectivity index (χ3v) is 3.33. The molecule has 1 N–H and O–H groups in total. The Hall–Kier alpha value is -2.63. The van der Waals surface area contributed by atoms with Crippen LogP contribution in [-0.2, 0) is 11.2 Å². The van der Waals surface area contributed by atoms with Crippen LogP contribution < -0.4 is 0 Å². The van der Waals surface area contributed by atoms with Crippen molar-refractivity contribution in [1.82, 2.24) is 14.7 Å². The maximum absolute atomic E-state index is 12.2. The van der Waals surface area contributed by atoms with Crippen LogP contribution in [0.25, 0.3) is 5.69 Å². The minimum Gasteiger partial charge on any atom is -0.493 e. The van der Waals surface area contributed by atoms with Gasteiger partial charge in [0.15, 0.2) is 0 Å². The van der Waals surface area contributed by atoms with E-state index in [9.17, 15) is 14.7 Å². The van der Waals surface area contributed by atoms with E-state index in [-0.39, 0.29) is 30.3 Å². The summed E-state index contributed by atoms with van der Waals surface area (Å²) in [6, 6.07) is 8.99. The molecule has 1 aliphatic rings. The average molecular weight is 271 g/mol. The quantitative estimate of drug-likeness (QED) is 0.831. The lowest BCUT2D eigenvalue weighted by atomic mass is 10.1. The van der Waals surface area contributed by atoms with Gasteiger partial charge in [0.1, 0.15) is 5.56 Å². The smallest absolute Gasteiger partial charge is 0.267 e. The van der Waals surface area contributed by atoms with E-state index in [0.717, 1.165) is 4.90 Å². The molecule has 0 unspecified atom stereocenters. The summed E-state index contributed by atoms with van der Waals surface area (Å²) >= 11 is 0. The lowest BCUT2D eigenvalue weighted by Gasteiger charge is -2.22. The van der Waals surface area contributed by atoms with Gasteiger partial charge in [-0.15, -0.1) is 0 Å². The number of benzene rings is 1. The molecule has 2 heterocycles. The minimum atomic E-state index is -0.488. The molecular formula is C14H13N3O3. The van der Waals surface area contributed by atoms with Crippen LogP contribution in [0.15, 0.2) is 30.3 Å². The van der Waals surface area contributed by atoms with E-state index in [2.05, 4.69) is 5.10 Å². The average Bonchev–Trinajstić information content (AvgIpc) is 2.77. The molecule has 0 saturated heterocycles. The predicted molar refractivity (Wildman–Crippen MR) is 70.7 cm³/mol. The maximum atomic E-state index is 12.2. The number of carbonyl (C=O) groups excluding carboxylic acids is 2. The Morgan fingerprint density at radius 2 is 1.95 bits per heavy atom. The Balaban J connectivity index is 2.14. The van der Waals surface area contributed by atoms with Crippen LogP contribution in [0.1, 0.15) is 23.0 Å². The van der Waals surface area contributed by atoms with Crippen LogP contribution >= 0.6 is 0 Å². The SMILES string of the molecule is CCN1C(=O)Cc2nn(-c3ccccc3)c(O)c2C1=O. The van der Waals surface area contributed by atoms with Gasteiger partial charge < -0.3 is 5.11 Å². The van der Waals surface area contributed by atoms with Crippen molar-refractivity contribution in [3.8, 4) is 11.6 Å². The molecule has 0 saturated carbocycles. The monoisotopic (exact) mass is 271 g/mol. The van der Waals surface area contributed by atoms with Crippen LogP contribution in [-0.4, -0.2) is 38.1 Å². The van der Waals surface area contributed by atoms with Crippen molar-refractivity contribution >= 4 is 11.8 Å². The van der Waals surface area contributed by atoms with E-state index in [1.165, 1.54) is 4.68 Å². The lowest BCUT2D eigenvalue weighted by molar-refractivity contribution is -0.128. The van der Waals surface area contributed by atoms with Gasteiger partial charge in [-0.1, -0.05) is 18.2 Å². The number of aromatic hydroxyl groups is 1. The molecule has 102 valence electrons. The van der Waals surface area contributed by atoms with Crippen molar-refractivity contribution in [3.05, 3.63) is 41.6 Å². The summed E-state index contributed by atoms with van der Waals surface area (Å²) in [5.74, 6) is -0.997. The van der Waals surface area contributed by atoms with Crippen molar-refractivity contribution in [2.75, 3.05) is 6.54 Å². The third-order valence-electron chi connectivity index (χ3n) is 3.33. The second-order valence-corrected chi connectivity index (χ2v) is 4.51. The Morgan fingerprint density at radius 1 is 1.25 bits per heavy atom. The van der Waals surface area contributed by atoms with Crippen LogP contribution in [0.4, 0.5) is 0 Å². The molecule has 3 rings (SSSR count). The second kappa shape index (κ2) is 4.48. The number of amides is 2. The molecule has 2 aromatic rings. The normalized spacial score (nSPS) is 14.6. The first kappa shape index (κ1) is 12.4. The van der Waals surface area contributed by atoms with Gasteiger partial charge in [0.2, 0.25) is 11.8 Å². The van der Waals surface area contributed by atoms with Crippen LogP contribution in [0.5, 0.6) is 5.88 Å². The fourth-order valence-corrected chi connectivity index (χ4v) is 2.35. The fourth-order valence-electron chi connectivity index (χ4n) is 2.35. The van der Waals surface area contributed by atoms with Crippen LogP contribution in [0.2, 0.25) is 0 Å². The van der Waals surface area contributed by atoms with Gasteiger partial charge in [-0.3, -0.25) is 14.5 Å². The summed E-state index contributed by atoms with van der Waals surface area (Å²) in [5, 5.41) is 14.4. The van der Waals surface area contributed by atoms with Crippen molar-refractivity contribution in [1.29, 1.82) is 0 Å². The zero-order valence-electron chi connectivity index (χ0n) is 10.9. The highest BCUT2D eigenvalue weighted by atomic mass is 16.3. The largest absolute Gasteiger partial charge is 0.493 e. The minimum absolute atomic E-state index is 0.0301. The first-order valence-electron chi connectivity index (χ1n) is 6.34. The zero-order chi connectivity index (χ0) is 14.3. The molecule has 2 amide bonds. The number of nitrogens with zero attached hydrogens (tertiary/aromatic N) is 3. The molecule has 0 aliphatic carbocycles. The topological polar surface area (TPSA) is 75.4 Å². The number of imide groups is 1. The number of hydrogen-bond donors (Lipinski definition) is 1. The summed E-state index contributed by atoms with van der Waals surface area (Å²) < 4.78 is 1.29. The second-order valence-electron chi connectivity index (χ2n) is 4.51. The number of likely N-dealkylation sites (N-methyl/N-ethyl adjacent to an activating group) is 1. The van der Waals surface area contributed by atoms with Gasteiger partial charge in [-0.05, 0) is 19.1 Å².